The van der Waals surface area contributed by atoms with Crippen LogP contribution in [0.3, 0.4) is 0 Å². The number of amides is 1. The largest absolute Gasteiger partial charge is 0.493 e. The minimum absolute atomic E-state index is 0.209. The Bertz CT molecular complexity index is 819. The molecule has 1 aliphatic rings. The van der Waals surface area contributed by atoms with Crippen LogP contribution in [0.15, 0.2) is 48.5 Å². The molecule has 162 valence electrons. The Kier molecular flexibility index (Phi) is 7.38. The molecule has 5 heteroatoms. The molecule has 1 amide bonds. The van der Waals surface area contributed by atoms with Crippen LogP contribution in [-0.4, -0.2) is 54.3 Å². The van der Waals surface area contributed by atoms with Gasteiger partial charge in [-0.15, -0.1) is 0 Å². The maximum Gasteiger partial charge on any atom is 0.410 e. The van der Waals surface area contributed by atoms with Crippen LogP contribution >= 0.6 is 0 Å². The number of benzene rings is 2. The van der Waals surface area contributed by atoms with Gasteiger partial charge < -0.3 is 14.4 Å². The van der Waals surface area contributed by atoms with Crippen LogP contribution < -0.4 is 4.74 Å². The molecule has 30 heavy (non-hydrogen) atoms. The van der Waals surface area contributed by atoms with E-state index in [1.807, 2.05) is 39.0 Å². The molecule has 0 aromatic heterocycles. The Labute approximate surface area is 180 Å². The molecule has 3 rings (SSSR count). The molecule has 0 aliphatic carbocycles. The van der Waals surface area contributed by atoms with Gasteiger partial charge >= 0.3 is 6.09 Å². The minimum Gasteiger partial charge on any atom is -0.493 e. The highest BCUT2D eigenvalue weighted by molar-refractivity contribution is 5.68. The molecule has 0 bridgehead atoms. The van der Waals surface area contributed by atoms with Crippen molar-refractivity contribution < 1.29 is 14.3 Å². The Hall–Kier alpha value is -2.53. The number of para-hydroxylation sites is 1. The number of nitrogens with zero attached hydrogens (tertiary/aromatic N) is 2. The van der Waals surface area contributed by atoms with Crippen molar-refractivity contribution in [2.24, 2.45) is 0 Å². The number of aryl methyl sites for hydroxylation is 1. The summed E-state index contributed by atoms with van der Waals surface area (Å²) in [5.74, 6) is 0.958. The molecule has 1 aliphatic heterocycles. The second kappa shape index (κ2) is 9.98. The van der Waals surface area contributed by atoms with Crippen molar-refractivity contribution in [3.8, 4) is 5.75 Å². The Morgan fingerprint density at radius 3 is 2.20 bits per heavy atom. The third-order valence-corrected chi connectivity index (χ3v) is 5.20. The van der Waals surface area contributed by atoms with E-state index in [4.69, 9.17) is 9.47 Å². The van der Waals surface area contributed by atoms with Crippen molar-refractivity contribution in [1.29, 1.82) is 0 Å². The van der Waals surface area contributed by atoms with Crippen LogP contribution in [0.4, 0.5) is 4.79 Å². The van der Waals surface area contributed by atoms with Gasteiger partial charge in [-0.25, -0.2) is 4.79 Å². The lowest BCUT2D eigenvalue weighted by Crippen LogP contribution is -2.49. The lowest BCUT2D eigenvalue weighted by Gasteiger charge is -2.35. The van der Waals surface area contributed by atoms with Gasteiger partial charge in [0.25, 0.3) is 0 Å². The SMILES string of the molecule is Cc1ccccc1OCCc1ccc(CN2CCN(C(=O)OC(C)(C)C)CC2)cc1. The Morgan fingerprint density at radius 2 is 1.57 bits per heavy atom. The molecule has 2 aromatic carbocycles. The highest BCUT2D eigenvalue weighted by atomic mass is 16.6. The maximum absolute atomic E-state index is 12.2. The molecule has 0 spiro atoms. The topological polar surface area (TPSA) is 42.0 Å². The first-order valence-corrected chi connectivity index (χ1v) is 10.8. The minimum atomic E-state index is -0.444. The number of carbonyl (C=O) groups excluding carboxylic acids is 1. The van der Waals surface area contributed by atoms with Crippen molar-refractivity contribution >= 4 is 6.09 Å². The molecule has 0 radical (unpaired) electrons. The van der Waals surface area contributed by atoms with Gasteiger partial charge in [-0.3, -0.25) is 4.90 Å². The number of rotatable bonds is 6. The van der Waals surface area contributed by atoms with Gasteiger partial charge in [-0.1, -0.05) is 42.5 Å². The zero-order valence-electron chi connectivity index (χ0n) is 18.7. The van der Waals surface area contributed by atoms with Gasteiger partial charge in [0, 0.05) is 39.1 Å². The highest BCUT2D eigenvalue weighted by Crippen LogP contribution is 2.17. The van der Waals surface area contributed by atoms with E-state index in [1.54, 1.807) is 4.90 Å². The summed E-state index contributed by atoms with van der Waals surface area (Å²) < 4.78 is 11.4. The van der Waals surface area contributed by atoms with Gasteiger partial charge in [-0.05, 0) is 50.5 Å². The Morgan fingerprint density at radius 1 is 0.933 bits per heavy atom. The predicted molar refractivity (Wildman–Crippen MR) is 120 cm³/mol. The molecule has 5 nitrogen and oxygen atoms in total. The summed E-state index contributed by atoms with van der Waals surface area (Å²) >= 11 is 0. The molecular formula is C25H34N2O3. The number of piperazine rings is 1. The Balaban J connectivity index is 1.41. The van der Waals surface area contributed by atoms with E-state index in [-0.39, 0.29) is 6.09 Å². The molecular weight excluding hydrogens is 376 g/mol. The summed E-state index contributed by atoms with van der Waals surface area (Å²) in [5.41, 5.74) is 3.30. The van der Waals surface area contributed by atoms with Crippen LogP contribution in [0.5, 0.6) is 5.75 Å². The number of hydrogen-bond donors (Lipinski definition) is 0. The fraction of sp³-hybridized carbons (Fsp3) is 0.480. The third-order valence-electron chi connectivity index (χ3n) is 5.20. The van der Waals surface area contributed by atoms with Crippen molar-refractivity contribution in [2.45, 2.75) is 46.3 Å². The zero-order chi connectivity index (χ0) is 21.6. The molecule has 0 saturated carbocycles. The van der Waals surface area contributed by atoms with E-state index in [0.29, 0.717) is 19.7 Å². The van der Waals surface area contributed by atoms with Crippen molar-refractivity contribution in [2.75, 3.05) is 32.8 Å². The van der Waals surface area contributed by atoms with Gasteiger partial charge in [0.2, 0.25) is 0 Å². The van der Waals surface area contributed by atoms with Crippen molar-refractivity contribution in [3.05, 3.63) is 65.2 Å². The number of carbonyl (C=O) groups is 1. The van der Waals surface area contributed by atoms with Gasteiger partial charge in [-0.2, -0.15) is 0 Å². The normalized spacial score (nSPS) is 15.1. The van der Waals surface area contributed by atoms with Crippen molar-refractivity contribution in [3.63, 3.8) is 0 Å². The summed E-state index contributed by atoms with van der Waals surface area (Å²) in [4.78, 5) is 16.4. The lowest BCUT2D eigenvalue weighted by atomic mass is 10.1. The standard InChI is InChI=1S/C25H34N2O3/c1-20-7-5-6-8-23(20)29-18-13-21-9-11-22(12-10-21)19-26-14-16-27(17-15-26)24(28)30-25(2,3)4/h5-12H,13-19H2,1-4H3. The summed E-state index contributed by atoms with van der Waals surface area (Å²) in [6, 6.07) is 16.9. The predicted octanol–water partition coefficient (Wildman–Crippen LogP) is 4.67. The van der Waals surface area contributed by atoms with Gasteiger partial charge in [0.15, 0.2) is 0 Å². The molecule has 0 N–H and O–H groups in total. The monoisotopic (exact) mass is 410 g/mol. The van der Waals surface area contributed by atoms with Crippen LogP contribution in [0.2, 0.25) is 0 Å². The van der Waals surface area contributed by atoms with E-state index in [2.05, 4.69) is 42.2 Å². The molecule has 1 fully saturated rings. The molecule has 0 atom stereocenters. The van der Waals surface area contributed by atoms with Crippen LogP contribution in [-0.2, 0) is 17.7 Å². The summed E-state index contributed by atoms with van der Waals surface area (Å²) in [5, 5.41) is 0. The summed E-state index contributed by atoms with van der Waals surface area (Å²) in [6.45, 7) is 12.5. The van der Waals surface area contributed by atoms with Gasteiger partial charge in [0.1, 0.15) is 11.4 Å². The number of ether oxygens (including phenoxy) is 2. The number of hydrogen-bond acceptors (Lipinski definition) is 4. The average Bonchev–Trinajstić information content (AvgIpc) is 2.70. The second-order valence-electron chi connectivity index (χ2n) is 8.92. The summed E-state index contributed by atoms with van der Waals surface area (Å²) in [7, 11) is 0. The van der Waals surface area contributed by atoms with E-state index >= 15 is 0 Å². The van der Waals surface area contributed by atoms with E-state index < -0.39 is 5.60 Å². The quantitative estimate of drug-likeness (QED) is 0.694. The zero-order valence-corrected chi connectivity index (χ0v) is 18.7. The average molecular weight is 411 g/mol. The van der Waals surface area contributed by atoms with E-state index in [1.165, 1.54) is 16.7 Å². The third kappa shape index (κ3) is 6.77. The fourth-order valence-electron chi connectivity index (χ4n) is 3.48. The van der Waals surface area contributed by atoms with E-state index in [9.17, 15) is 4.79 Å². The highest BCUT2D eigenvalue weighted by Gasteiger charge is 2.25. The first-order chi connectivity index (χ1) is 14.3. The molecule has 1 heterocycles. The molecule has 2 aromatic rings. The van der Waals surface area contributed by atoms with Crippen LogP contribution in [0.1, 0.15) is 37.5 Å². The summed E-state index contributed by atoms with van der Waals surface area (Å²) in [6.07, 6.45) is 0.683. The second-order valence-corrected chi connectivity index (χ2v) is 8.92. The van der Waals surface area contributed by atoms with E-state index in [0.717, 1.165) is 31.8 Å². The smallest absolute Gasteiger partial charge is 0.410 e. The van der Waals surface area contributed by atoms with Gasteiger partial charge in [0.05, 0.1) is 6.61 Å². The maximum atomic E-state index is 12.2. The first kappa shape index (κ1) is 22.2. The molecule has 0 unspecified atom stereocenters. The van der Waals surface area contributed by atoms with Crippen molar-refractivity contribution in [1.82, 2.24) is 9.80 Å². The lowest BCUT2D eigenvalue weighted by molar-refractivity contribution is 0.0139. The molecule has 1 saturated heterocycles. The van der Waals surface area contributed by atoms with Crippen LogP contribution in [0, 0.1) is 6.92 Å². The fourth-order valence-corrected chi connectivity index (χ4v) is 3.48. The first-order valence-electron chi connectivity index (χ1n) is 10.8. The van der Waals surface area contributed by atoms with Crippen LogP contribution in [0.25, 0.3) is 0 Å².